The van der Waals surface area contributed by atoms with E-state index in [2.05, 4.69) is 36.9 Å². The predicted molar refractivity (Wildman–Crippen MR) is 124 cm³/mol. The lowest BCUT2D eigenvalue weighted by atomic mass is 10.1. The number of nitrogens with one attached hydrogen (secondary N) is 3. The smallest absolute Gasteiger partial charge is 0.191 e. The summed E-state index contributed by atoms with van der Waals surface area (Å²) in [6.45, 7) is 3.55. The molecule has 0 radical (unpaired) electrons. The number of H-pyrrole nitrogens is 1. The third-order valence-electron chi connectivity index (χ3n) is 4.94. The van der Waals surface area contributed by atoms with E-state index in [1.807, 2.05) is 29.8 Å². The standard InChI is InChI=1S/C19H24ClN7.HI/c1-12-24-18-6-4-15(11-27(18)26-12)25-19(21-2)22-8-7-13-10-23-17-5-3-14(20)9-16(13)17;/h3,5,9-10,15,23H,4,6-8,11H2,1-2H3,(H2,21,22,25);1H. The van der Waals surface area contributed by atoms with Gasteiger partial charge in [-0.2, -0.15) is 5.10 Å². The largest absolute Gasteiger partial charge is 0.361 e. The van der Waals surface area contributed by atoms with Crippen LogP contribution in [0.3, 0.4) is 0 Å². The van der Waals surface area contributed by atoms with Crippen LogP contribution in [0.2, 0.25) is 5.02 Å². The number of aryl methyl sites for hydroxylation is 2. The Morgan fingerprint density at radius 1 is 1.43 bits per heavy atom. The zero-order chi connectivity index (χ0) is 18.8. The number of hydrogen-bond donors (Lipinski definition) is 3. The summed E-state index contributed by atoms with van der Waals surface area (Å²) in [6.07, 6.45) is 4.90. The molecule has 0 aliphatic carbocycles. The lowest BCUT2D eigenvalue weighted by molar-refractivity contribution is 0.392. The van der Waals surface area contributed by atoms with Crippen molar-refractivity contribution >= 4 is 52.4 Å². The fourth-order valence-corrected chi connectivity index (χ4v) is 3.78. The fourth-order valence-electron chi connectivity index (χ4n) is 3.61. The maximum absolute atomic E-state index is 6.13. The topological polar surface area (TPSA) is 82.9 Å². The van der Waals surface area contributed by atoms with Gasteiger partial charge in [-0.05, 0) is 43.5 Å². The lowest BCUT2D eigenvalue weighted by Crippen LogP contribution is -2.47. The first kappa shape index (κ1) is 20.9. The monoisotopic (exact) mass is 513 g/mol. The molecule has 0 bridgehead atoms. The van der Waals surface area contributed by atoms with Crippen LogP contribution in [-0.4, -0.2) is 45.3 Å². The van der Waals surface area contributed by atoms with Crippen LogP contribution in [0.1, 0.15) is 23.6 Å². The summed E-state index contributed by atoms with van der Waals surface area (Å²) >= 11 is 6.13. The van der Waals surface area contributed by atoms with Crippen LogP contribution in [0.25, 0.3) is 10.9 Å². The van der Waals surface area contributed by atoms with E-state index in [4.69, 9.17) is 11.6 Å². The van der Waals surface area contributed by atoms with Crippen LogP contribution in [0, 0.1) is 6.92 Å². The summed E-state index contributed by atoms with van der Waals surface area (Å²) in [6, 6.07) is 6.23. The summed E-state index contributed by atoms with van der Waals surface area (Å²) in [5.41, 5.74) is 2.36. The number of aromatic amines is 1. The third-order valence-corrected chi connectivity index (χ3v) is 5.18. The van der Waals surface area contributed by atoms with Gasteiger partial charge in [0.2, 0.25) is 0 Å². The van der Waals surface area contributed by atoms with Crippen molar-refractivity contribution in [2.45, 2.75) is 38.8 Å². The van der Waals surface area contributed by atoms with Crippen molar-refractivity contribution in [3.8, 4) is 0 Å². The molecule has 28 heavy (non-hydrogen) atoms. The van der Waals surface area contributed by atoms with Crippen LogP contribution in [0.4, 0.5) is 0 Å². The van der Waals surface area contributed by atoms with Gasteiger partial charge in [0, 0.05) is 48.2 Å². The second-order valence-electron chi connectivity index (χ2n) is 6.89. The van der Waals surface area contributed by atoms with Gasteiger partial charge in [-0.3, -0.25) is 4.99 Å². The first-order valence-corrected chi connectivity index (χ1v) is 9.63. The molecule has 1 unspecified atom stereocenters. The molecule has 4 rings (SSSR count). The van der Waals surface area contributed by atoms with E-state index >= 15 is 0 Å². The predicted octanol–water partition coefficient (Wildman–Crippen LogP) is 3.06. The Morgan fingerprint density at radius 2 is 2.29 bits per heavy atom. The van der Waals surface area contributed by atoms with E-state index in [0.717, 1.165) is 60.5 Å². The van der Waals surface area contributed by atoms with E-state index in [1.54, 1.807) is 7.05 Å². The van der Waals surface area contributed by atoms with Gasteiger partial charge < -0.3 is 15.6 Å². The van der Waals surface area contributed by atoms with Crippen LogP contribution in [0.15, 0.2) is 29.4 Å². The average molecular weight is 514 g/mol. The fraction of sp³-hybridized carbons (Fsp3) is 0.421. The number of aliphatic imine (C=N–C) groups is 1. The SMILES string of the molecule is CN=C(NCCc1c[nH]c2ccc(Cl)cc12)NC1CCc2nc(C)nn2C1.I. The molecular weight excluding hydrogens is 489 g/mol. The number of fused-ring (bicyclic) bond motifs is 2. The highest BCUT2D eigenvalue weighted by Gasteiger charge is 2.21. The second kappa shape index (κ2) is 9.13. The maximum Gasteiger partial charge on any atom is 0.191 e. The number of halogens is 2. The van der Waals surface area contributed by atoms with Gasteiger partial charge >= 0.3 is 0 Å². The third kappa shape index (κ3) is 4.60. The number of hydrogen-bond acceptors (Lipinski definition) is 3. The zero-order valence-electron chi connectivity index (χ0n) is 16.0. The molecule has 1 aromatic carbocycles. The highest BCUT2D eigenvalue weighted by Crippen LogP contribution is 2.22. The van der Waals surface area contributed by atoms with Gasteiger partial charge in [0.05, 0.1) is 6.54 Å². The summed E-state index contributed by atoms with van der Waals surface area (Å²) in [7, 11) is 1.80. The van der Waals surface area contributed by atoms with Crippen molar-refractivity contribution < 1.29 is 0 Å². The average Bonchev–Trinajstić information content (AvgIpc) is 3.22. The van der Waals surface area contributed by atoms with E-state index in [0.29, 0.717) is 6.04 Å². The maximum atomic E-state index is 6.13. The Labute approximate surface area is 186 Å². The Balaban J connectivity index is 0.00000225. The minimum Gasteiger partial charge on any atom is -0.361 e. The van der Waals surface area contributed by atoms with Crippen molar-refractivity contribution in [3.63, 3.8) is 0 Å². The van der Waals surface area contributed by atoms with Crippen molar-refractivity contribution in [2.24, 2.45) is 4.99 Å². The molecule has 0 saturated heterocycles. The molecule has 3 heterocycles. The van der Waals surface area contributed by atoms with Crippen LogP contribution in [0.5, 0.6) is 0 Å². The molecule has 7 nitrogen and oxygen atoms in total. The molecule has 1 atom stereocenters. The van der Waals surface area contributed by atoms with Gasteiger partial charge in [0.1, 0.15) is 11.6 Å². The van der Waals surface area contributed by atoms with Crippen molar-refractivity contribution in [1.82, 2.24) is 30.4 Å². The minimum absolute atomic E-state index is 0. The molecule has 0 amide bonds. The highest BCUT2D eigenvalue weighted by molar-refractivity contribution is 14.0. The zero-order valence-corrected chi connectivity index (χ0v) is 19.1. The quantitative estimate of drug-likeness (QED) is 0.284. The summed E-state index contributed by atoms with van der Waals surface area (Å²) in [5.74, 6) is 2.73. The first-order valence-electron chi connectivity index (χ1n) is 9.25. The highest BCUT2D eigenvalue weighted by atomic mass is 127. The minimum atomic E-state index is 0. The molecule has 150 valence electrons. The van der Waals surface area contributed by atoms with Gasteiger partial charge in [0.15, 0.2) is 5.96 Å². The molecule has 0 spiro atoms. The van der Waals surface area contributed by atoms with Gasteiger partial charge in [-0.15, -0.1) is 24.0 Å². The summed E-state index contributed by atoms with van der Waals surface area (Å²) in [5, 5.41) is 13.3. The molecule has 0 saturated carbocycles. The van der Waals surface area contributed by atoms with Crippen molar-refractivity contribution in [1.29, 1.82) is 0 Å². The van der Waals surface area contributed by atoms with E-state index < -0.39 is 0 Å². The Hall–Kier alpha value is -1.81. The molecular formula is C19H25ClIN7. The van der Waals surface area contributed by atoms with E-state index in [-0.39, 0.29) is 24.0 Å². The summed E-state index contributed by atoms with van der Waals surface area (Å²) < 4.78 is 2.00. The molecule has 1 aliphatic rings. The van der Waals surface area contributed by atoms with E-state index in [9.17, 15) is 0 Å². The Morgan fingerprint density at radius 3 is 3.11 bits per heavy atom. The van der Waals surface area contributed by atoms with Crippen LogP contribution < -0.4 is 10.6 Å². The Kier molecular flexibility index (Phi) is 6.82. The molecule has 0 fully saturated rings. The molecule has 3 aromatic rings. The lowest BCUT2D eigenvalue weighted by Gasteiger charge is -2.25. The summed E-state index contributed by atoms with van der Waals surface area (Å²) in [4.78, 5) is 12.1. The number of aromatic nitrogens is 4. The second-order valence-corrected chi connectivity index (χ2v) is 7.33. The molecule has 9 heteroatoms. The van der Waals surface area contributed by atoms with Crippen molar-refractivity contribution in [3.05, 3.63) is 46.6 Å². The number of guanidine groups is 1. The Bertz CT molecular complexity index is 978. The van der Waals surface area contributed by atoms with Gasteiger partial charge in [-0.25, -0.2) is 9.67 Å². The van der Waals surface area contributed by atoms with Gasteiger partial charge in [-0.1, -0.05) is 11.6 Å². The first-order chi connectivity index (χ1) is 13.1. The van der Waals surface area contributed by atoms with Crippen molar-refractivity contribution in [2.75, 3.05) is 13.6 Å². The molecule has 1 aliphatic heterocycles. The number of nitrogens with zero attached hydrogens (tertiary/aromatic N) is 4. The number of benzene rings is 1. The number of rotatable bonds is 4. The van der Waals surface area contributed by atoms with Crippen LogP contribution in [-0.2, 0) is 19.4 Å². The van der Waals surface area contributed by atoms with Crippen LogP contribution >= 0.6 is 35.6 Å². The normalized spacial score (nSPS) is 16.5. The molecule has 2 aromatic heterocycles. The molecule has 3 N–H and O–H groups in total. The van der Waals surface area contributed by atoms with E-state index in [1.165, 1.54) is 10.9 Å². The van der Waals surface area contributed by atoms with Gasteiger partial charge in [0.25, 0.3) is 0 Å².